The molecule has 2 aromatic carbocycles. The lowest BCUT2D eigenvalue weighted by Crippen LogP contribution is -2.56. The Labute approximate surface area is 198 Å². The van der Waals surface area contributed by atoms with Crippen LogP contribution in [0.3, 0.4) is 0 Å². The van der Waals surface area contributed by atoms with Crippen molar-refractivity contribution < 1.29 is 8.78 Å². The summed E-state index contributed by atoms with van der Waals surface area (Å²) in [6.07, 6.45) is 6.44. The van der Waals surface area contributed by atoms with E-state index in [0.717, 1.165) is 46.0 Å². The van der Waals surface area contributed by atoms with E-state index < -0.39 is 0 Å². The number of benzene rings is 2. The third kappa shape index (κ3) is 5.73. The maximum absolute atomic E-state index is 13.9. The molecule has 2 heterocycles. The van der Waals surface area contributed by atoms with Crippen LogP contribution in [-0.2, 0) is 13.1 Å². The van der Waals surface area contributed by atoms with Gasteiger partial charge in [-0.1, -0.05) is 31.9 Å². The highest BCUT2D eigenvalue weighted by molar-refractivity contribution is 9.10. The zero-order valence-electron chi connectivity index (χ0n) is 17.2. The van der Waals surface area contributed by atoms with E-state index in [1.807, 2.05) is 0 Å². The molecule has 0 amide bonds. The van der Waals surface area contributed by atoms with Crippen molar-refractivity contribution in [1.82, 2.24) is 14.7 Å². The molecule has 2 aromatic rings. The molecule has 2 atom stereocenters. The SMILES string of the molecule is N[C@@H]1CCCN(C2C=CN(Cc3cc(F)ccc3Br)CN2Cc2cc(F)ccc2Br)C1. The van der Waals surface area contributed by atoms with Crippen LogP contribution < -0.4 is 5.73 Å². The van der Waals surface area contributed by atoms with Gasteiger partial charge in [-0.25, -0.2) is 8.78 Å². The summed E-state index contributed by atoms with van der Waals surface area (Å²) in [5, 5.41) is 0. The van der Waals surface area contributed by atoms with Crippen LogP contribution in [-0.4, -0.2) is 46.7 Å². The number of halogens is 4. The summed E-state index contributed by atoms with van der Waals surface area (Å²) in [6.45, 7) is 3.62. The molecule has 4 rings (SSSR count). The summed E-state index contributed by atoms with van der Waals surface area (Å²) in [7, 11) is 0. The van der Waals surface area contributed by atoms with Gasteiger partial charge in [0.1, 0.15) is 11.6 Å². The molecule has 1 unspecified atom stereocenters. The minimum Gasteiger partial charge on any atom is -0.360 e. The van der Waals surface area contributed by atoms with E-state index in [9.17, 15) is 8.78 Å². The summed E-state index contributed by atoms with van der Waals surface area (Å²) >= 11 is 7.09. The molecule has 0 aromatic heterocycles. The number of nitrogens with zero attached hydrogens (tertiary/aromatic N) is 3. The van der Waals surface area contributed by atoms with Gasteiger partial charge in [0.15, 0.2) is 0 Å². The lowest BCUT2D eigenvalue weighted by atomic mass is 10.1. The van der Waals surface area contributed by atoms with Crippen LogP contribution in [0.5, 0.6) is 0 Å². The summed E-state index contributed by atoms with van der Waals surface area (Å²) in [4.78, 5) is 6.85. The van der Waals surface area contributed by atoms with Gasteiger partial charge in [-0.05, 0) is 72.6 Å². The van der Waals surface area contributed by atoms with Crippen LogP contribution in [0.4, 0.5) is 8.78 Å². The fraction of sp³-hybridized carbons (Fsp3) is 0.391. The van der Waals surface area contributed by atoms with E-state index >= 15 is 0 Å². The predicted octanol–water partition coefficient (Wildman–Crippen LogP) is 5.03. The predicted molar refractivity (Wildman–Crippen MR) is 126 cm³/mol. The number of nitrogens with two attached hydrogens (primary N) is 1. The number of hydrogen-bond donors (Lipinski definition) is 1. The van der Waals surface area contributed by atoms with Gasteiger partial charge in [-0.2, -0.15) is 0 Å². The molecular formula is C23H26Br2F2N4. The van der Waals surface area contributed by atoms with Gasteiger partial charge in [0, 0.05) is 41.2 Å². The van der Waals surface area contributed by atoms with Crippen LogP contribution in [0.25, 0.3) is 0 Å². The molecule has 1 saturated heterocycles. The Balaban J connectivity index is 1.58. The van der Waals surface area contributed by atoms with Gasteiger partial charge in [0.2, 0.25) is 0 Å². The first kappa shape index (κ1) is 22.9. The van der Waals surface area contributed by atoms with E-state index in [1.54, 1.807) is 24.3 Å². The molecule has 166 valence electrons. The molecular weight excluding hydrogens is 530 g/mol. The molecule has 0 radical (unpaired) electrons. The second-order valence-corrected chi connectivity index (χ2v) is 9.97. The Bertz CT molecular complexity index is 955. The lowest BCUT2D eigenvalue weighted by Gasteiger charge is -2.45. The third-order valence-corrected chi connectivity index (χ3v) is 7.38. The van der Waals surface area contributed by atoms with Crippen molar-refractivity contribution in [3.8, 4) is 0 Å². The minimum atomic E-state index is -0.250. The molecule has 31 heavy (non-hydrogen) atoms. The van der Waals surface area contributed by atoms with Crippen LogP contribution in [0.1, 0.15) is 24.0 Å². The number of piperidine rings is 1. The molecule has 0 spiro atoms. The molecule has 4 nitrogen and oxygen atoms in total. The van der Waals surface area contributed by atoms with Gasteiger partial charge >= 0.3 is 0 Å². The average Bonchev–Trinajstić information content (AvgIpc) is 2.74. The van der Waals surface area contributed by atoms with E-state index in [2.05, 4.69) is 58.8 Å². The van der Waals surface area contributed by atoms with Crippen LogP contribution >= 0.6 is 31.9 Å². The molecule has 0 aliphatic carbocycles. The summed E-state index contributed by atoms with van der Waals surface area (Å²) in [6, 6.07) is 9.69. The highest BCUT2D eigenvalue weighted by Gasteiger charge is 2.31. The first-order valence-corrected chi connectivity index (χ1v) is 12.0. The molecule has 0 bridgehead atoms. The van der Waals surface area contributed by atoms with Crippen molar-refractivity contribution >= 4 is 31.9 Å². The normalized spacial score (nSPS) is 22.8. The number of likely N-dealkylation sites (tertiary alicyclic amines) is 1. The van der Waals surface area contributed by atoms with Crippen molar-refractivity contribution in [2.75, 3.05) is 19.8 Å². The summed E-state index contributed by atoms with van der Waals surface area (Å²) < 4.78 is 29.4. The minimum absolute atomic E-state index is 0.0775. The average molecular weight is 556 g/mol. The molecule has 2 aliphatic heterocycles. The lowest BCUT2D eigenvalue weighted by molar-refractivity contribution is 0.00663. The van der Waals surface area contributed by atoms with Gasteiger partial charge in [-0.15, -0.1) is 0 Å². The zero-order valence-corrected chi connectivity index (χ0v) is 20.3. The zero-order chi connectivity index (χ0) is 22.0. The molecule has 0 saturated carbocycles. The van der Waals surface area contributed by atoms with E-state index in [1.165, 1.54) is 12.1 Å². The van der Waals surface area contributed by atoms with E-state index in [0.29, 0.717) is 19.8 Å². The molecule has 2 N–H and O–H groups in total. The van der Waals surface area contributed by atoms with Crippen LogP contribution in [0, 0.1) is 11.6 Å². The Morgan fingerprint density at radius 2 is 1.61 bits per heavy atom. The maximum atomic E-state index is 13.9. The second-order valence-electron chi connectivity index (χ2n) is 8.26. The Hall–Kier alpha value is -1.32. The van der Waals surface area contributed by atoms with Gasteiger partial charge in [0.05, 0.1) is 12.8 Å². The summed E-state index contributed by atoms with van der Waals surface area (Å²) in [5.74, 6) is -0.497. The first-order chi connectivity index (χ1) is 14.9. The fourth-order valence-electron chi connectivity index (χ4n) is 4.33. The van der Waals surface area contributed by atoms with Crippen molar-refractivity contribution in [2.45, 2.75) is 38.1 Å². The topological polar surface area (TPSA) is 35.7 Å². The quantitative estimate of drug-likeness (QED) is 0.561. The Morgan fingerprint density at radius 1 is 0.968 bits per heavy atom. The van der Waals surface area contributed by atoms with Gasteiger partial charge in [-0.3, -0.25) is 9.80 Å². The first-order valence-electron chi connectivity index (χ1n) is 10.4. The summed E-state index contributed by atoms with van der Waals surface area (Å²) in [5.41, 5.74) is 8.02. The largest absolute Gasteiger partial charge is 0.360 e. The van der Waals surface area contributed by atoms with Crippen LogP contribution in [0.2, 0.25) is 0 Å². The number of hydrogen-bond acceptors (Lipinski definition) is 4. The number of rotatable bonds is 5. The van der Waals surface area contributed by atoms with Gasteiger partial charge in [0.25, 0.3) is 0 Å². The highest BCUT2D eigenvalue weighted by atomic mass is 79.9. The standard InChI is InChI=1S/C23H26Br2F2N4/c24-21-5-3-18(26)10-16(21)12-29-9-7-23(30-8-1-2-20(28)14-30)31(15-29)13-17-11-19(27)4-6-22(17)25/h3-7,9-11,20,23H,1-2,8,12-15,28H2/t20-,23?/m1/s1. The Kier molecular flexibility index (Phi) is 7.44. The van der Waals surface area contributed by atoms with E-state index in [-0.39, 0.29) is 23.8 Å². The van der Waals surface area contributed by atoms with Crippen molar-refractivity contribution in [3.05, 3.63) is 80.4 Å². The van der Waals surface area contributed by atoms with Gasteiger partial charge < -0.3 is 10.6 Å². The third-order valence-electron chi connectivity index (χ3n) is 5.83. The van der Waals surface area contributed by atoms with Crippen molar-refractivity contribution in [3.63, 3.8) is 0 Å². The smallest absolute Gasteiger partial charge is 0.123 e. The van der Waals surface area contributed by atoms with Crippen molar-refractivity contribution in [2.24, 2.45) is 5.73 Å². The van der Waals surface area contributed by atoms with E-state index in [4.69, 9.17) is 5.73 Å². The maximum Gasteiger partial charge on any atom is 0.123 e. The monoisotopic (exact) mass is 554 g/mol. The second kappa shape index (κ2) is 10.1. The van der Waals surface area contributed by atoms with Crippen LogP contribution in [0.15, 0.2) is 57.6 Å². The van der Waals surface area contributed by atoms with Crippen molar-refractivity contribution in [1.29, 1.82) is 0 Å². The Morgan fingerprint density at radius 3 is 2.26 bits per heavy atom. The fourth-order valence-corrected chi connectivity index (χ4v) is 5.07. The molecule has 2 aliphatic rings. The highest BCUT2D eigenvalue weighted by Crippen LogP contribution is 2.27. The molecule has 1 fully saturated rings. The molecule has 8 heteroatoms.